The minimum Gasteiger partial charge on any atom is -0.491 e. The Balaban J connectivity index is 0.00000341. The molecule has 0 bridgehead atoms. The first-order chi connectivity index (χ1) is 14.7. The van der Waals surface area contributed by atoms with Gasteiger partial charge in [-0.25, -0.2) is 0 Å². The zero-order valence-corrected chi connectivity index (χ0v) is 21.1. The molecule has 1 amide bonds. The maximum atomic E-state index is 12.8. The van der Waals surface area contributed by atoms with Crippen LogP contribution in [0.3, 0.4) is 0 Å². The van der Waals surface area contributed by atoms with Crippen molar-refractivity contribution in [2.45, 2.75) is 51.1 Å². The molecule has 3 rings (SSSR count). The fourth-order valence-corrected chi connectivity index (χ4v) is 4.21. The Bertz CT molecular complexity index is 693. The molecule has 1 saturated carbocycles. The van der Waals surface area contributed by atoms with Crippen LogP contribution in [-0.4, -0.2) is 63.3 Å². The molecule has 7 nitrogen and oxygen atoms in total. The van der Waals surface area contributed by atoms with Crippen LogP contribution in [0.4, 0.5) is 0 Å². The predicted molar refractivity (Wildman–Crippen MR) is 134 cm³/mol. The Morgan fingerprint density at radius 1 is 1.13 bits per heavy atom. The Kier molecular flexibility index (Phi) is 11.4. The van der Waals surface area contributed by atoms with Gasteiger partial charge in [0.15, 0.2) is 5.96 Å². The van der Waals surface area contributed by atoms with Crippen molar-refractivity contribution in [1.82, 2.24) is 15.5 Å². The molecular weight excluding hydrogens is 507 g/mol. The maximum absolute atomic E-state index is 12.8. The van der Waals surface area contributed by atoms with Crippen molar-refractivity contribution >= 4 is 35.8 Å². The van der Waals surface area contributed by atoms with Gasteiger partial charge in [0.1, 0.15) is 12.4 Å². The average Bonchev–Trinajstić information content (AvgIpc) is 3.26. The van der Waals surface area contributed by atoms with Crippen molar-refractivity contribution in [3.8, 4) is 5.75 Å². The maximum Gasteiger partial charge on any atom is 0.225 e. The van der Waals surface area contributed by atoms with Crippen LogP contribution in [0.25, 0.3) is 0 Å². The molecule has 1 aliphatic heterocycles. The van der Waals surface area contributed by atoms with Crippen LogP contribution >= 0.6 is 24.0 Å². The van der Waals surface area contributed by atoms with Crippen molar-refractivity contribution < 1.29 is 14.3 Å². The first kappa shape index (κ1) is 25.7. The first-order valence-corrected chi connectivity index (χ1v) is 11.2. The van der Waals surface area contributed by atoms with Crippen LogP contribution in [0.15, 0.2) is 29.3 Å². The number of methoxy groups -OCH3 is 1. The molecule has 1 unspecified atom stereocenters. The highest BCUT2D eigenvalue weighted by Crippen LogP contribution is 2.26. The number of carbonyl (C=O) groups is 1. The van der Waals surface area contributed by atoms with E-state index >= 15 is 0 Å². The Morgan fingerprint density at radius 3 is 2.55 bits per heavy atom. The van der Waals surface area contributed by atoms with Gasteiger partial charge in [0.25, 0.3) is 0 Å². The topological polar surface area (TPSA) is 75.2 Å². The second kappa shape index (κ2) is 13.8. The van der Waals surface area contributed by atoms with E-state index in [1.807, 2.05) is 29.2 Å². The lowest BCUT2D eigenvalue weighted by atomic mass is 9.88. The second-order valence-corrected chi connectivity index (χ2v) is 8.16. The molecule has 1 aromatic rings. The third-order valence-corrected chi connectivity index (χ3v) is 5.96. The highest BCUT2D eigenvalue weighted by Gasteiger charge is 2.31. The number of rotatable bonds is 8. The Morgan fingerprint density at radius 2 is 1.87 bits per heavy atom. The number of halogens is 1. The molecule has 2 N–H and O–H groups in total. The van der Waals surface area contributed by atoms with E-state index in [0.29, 0.717) is 25.7 Å². The van der Waals surface area contributed by atoms with Crippen LogP contribution in [0.1, 0.15) is 44.1 Å². The van der Waals surface area contributed by atoms with E-state index in [9.17, 15) is 4.79 Å². The number of benzene rings is 1. The monoisotopic (exact) mass is 544 g/mol. The van der Waals surface area contributed by atoms with E-state index < -0.39 is 0 Å². The summed E-state index contributed by atoms with van der Waals surface area (Å²) in [5.41, 5.74) is 1.15. The SMILES string of the molecule is CN=C(NCc1ccc(OCCOC)cc1)NC1CCN(C(=O)C2CCCCC2)C1.I. The molecule has 8 heteroatoms. The third kappa shape index (κ3) is 8.14. The number of nitrogens with zero attached hydrogens (tertiary/aromatic N) is 2. The molecule has 1 aromatic carbocycles. The quantitative estimate of drug-likeness (QED) is 0.228. The summed E-state index contributed by atoms with van der Waals surface area (Å²) >= 11 is 0. The minimum atomic E-state index is 0. The molecular formula is C23H37IN4O3. The predicted octanol–water partition coefficient (Wildman–Crippen LogP) is 3.18. The summed E-state index contributed by atoms with van der Waals surface area (Å²) in [4.78, 5) is 19.1. The Hall–Kier alpha value is -1.55. The summed E-state index contributed by atoms with van der Waals surface area (Å²) < 4.78 is 10.6. The highest BCUT2D eigenvalue weighted by molar-refractivity contribution is 14.0. The molecule has 0 radical (unpaired) electrons. The molecule has 1 heterocycles. The van der Waals surface area contributed by atoms with Gasteiger partial charge in [-0.2, -0.15) is 0 Å². The number of guanidine groups is 1. The summed E-state index contributed by atoms with van der Waals surface area (Å²) in [5, 5.41) is 6.84. The van der Waals surface area contributed by atoms with E-state index in [2.05, 4.69) is 15.6 Å². The standard InChI is InChI=1S/C23H36N4O3.HI/c1-24-23(25-16-18-8-10-21(11-9-18)30-15-14-29-2)26-20-12-13-27(17-20)22(28)19-6-4-3-5-7-19;/h8-11,19-20H,3-7,12-17H2,1-2H3,(H2,24,25,26);1H. The van der Waals surface area contributed by atoms with E-state index in [4.69, 9.17) is 9.47 Å². The number of aliphatic imine (C=N–C) groups is 1. The molecule has 0 spiro atoms. The van der Waals surface area contributed by atoms with E-state index in [1.54, 1.807) is 14.2 Å². The van der Waals surface area contributed by atoms with Crippen LogP contribution in [0, 0.1) is 5.92 Å². The number of ether oxygens (including phenoxy) is 2. The number of likely N-dealkylation sites (tertiary alicyclic amines) is 1. The van der Waals surface area contributed by atoms with Gasteiger partial charge in [-0.15, -0.1) is 24.0 Å². The largest absolute Gasteiger partial charge is 0.491 e. The molecule has 2 fully saturated rings. The van der Waals surface area contributed by atoms with Gasteiger partial charge in [0.05, 0.1) is 6.61 Å². The molecule has 1 atom stereocenters. The average molecular weight is 544 g/mol. The second-order valence-electron chi connectivity index (χ2n) is 8.16. The first-order valence-electron chi connectivity index (χ1n) is 11.2. The normalized spacial score (nSPS) is 19.6. The molecule has 174 valence electrons. The van der Waals surface area contributed by atoms with Gasteiger partial charge in [0, 0.05) is 45.8 Å². The van der Waals surface area contributed by atoms with Crippen LogP contribution < -0.4 is 15.4 Å². The van der Waals surface area contributed by atoms with Gasteiger partial charge in [0.2, 0.25) is 5.91 Å². The number of amides is 1. The summed E-state index contributed by atoms with van der Waals surface area (Å²) in [6.45, 7) is 3.41. The minimum absolute atomic E-state index is 0. The van der Waals surface area contributed by atoms with Crippen molar-refractivity contribution in [3.05, 3.63) is 29.8 Å². The zero-order chi connectivity index (χ0) is 21.2. The van der Waals surface area contributed by atoms with Crippen molar-refractivity contribution in [3.63, 3.8) is 0 Å². The Labute approximate surface area is 203 Å². The molecule has 0 aromatic heterocycles. The van der Waals surface area contributed by atoms with Gasteiger partial charge in [-0.3, -0.25) is 9.79 Å². The van der Waals surface area contributed by atoms with Crippen LogP contribution in [0.5, 0.6) is 5.75 Å². The zero-order valence-electron chi connectivity index (χ0n) is 18.8. The molecule has 31 heavy (non-hydrogen) atoms. The number of nitrogens with one attached hydrogen (secondary N) is 2. The van der Waals surface area contributed by atoms with Crippen molar-refractivity contribution in [1.29, 1.82) is 0 Å². The van der Waals surface area contributed by atoms with E-state index in [-0.39, 0.29) is 35.9 Å². The fraction of sp³-hybridized carbons (Fsp3) is 0.652. The van der Waals surface area contributed by atoms with Crippen LogP contribution in [-0.2, 0) is 16.1 Å². The van der Waals surface area contributed by atoms with Gasteiger partial charge in [-0.05, 0) is 37.0 Å². The number of hydrogen-bond donors (Lipinski definition) is 2. The van der Waals surface area contributed by atoms with Gasteiger partial charge >= 0.3 is 0 Å². The van der Waals surface area contributed by atoms with Crippen molar-refractivity contribution in [2.75, 3.05) is 40.5 Å². The summed E-state index contributed by atoms with van der Waals surface area (Å²) in [6.07, 6.45) is 6.76. The number of carbonyl (C=O) groups excluding carboxylic acids is 1. The summed E-state index contributed by atoms with van der Waals surface area (Å²) in [5.74, 6) is 2.21. The highest BCUT2D eigenvalue weighted by atomic mass is 127. The fourth-order valence-electron chi connectivity index (χ4n) is 4.21. The molecule has 2 aliphatic rings. The van der Waals surface area contributed by atoms with E-state index in [1.165, 1.54) is 19.3 Å². The third-order valence-electron chi connectivity index (χ3n) is 5.96. The van der Waals surface area contributed by atoms with Crippen molar-refractivity contribution in [2.24, 2.45) is 10.9 Å². The smallest absolute Gasteiger partial charge is 0.225 e. The van der Waals surface area contributed by atoms with Crippen LogP contribution in [0.2, 0.25) is 0 Å². The number of hydrogen-bond acceptors (Lipinski definition) is 4. The van der Waals surface area contributed by atoms with Gasteiger partial charge in [-0.1, -0.05) is 31.4 Å². The summed E-state index contributed by atoms with van der Waals surface area (Å²) in [7, 11) is 3.44. The summed E-state index contributed by atoms with van der Waals surface area (Å²) in [6, 6.07) is 8.27. The molecule has 1 saturated heterocycles. The molecule has 1 aliphatic carbocycles. The van der Waals surface area contributed by atoms with E-state index in [0.717, 1.165) is 49.6 Å². The lowest BCUT2D eigenvalue weighted by molar-refractivity contribution is -0.135. The van der Waals surface area contributed by atoms with Gasteiger partial charge < -0.3 is 25.0 Å². The lowest BCUT2D eigenvalue weighted by Crippen LogP contribution is -2.45. The lowest BCUT2D eigenvalue weighted by Gasteiger charge is -2.26.